The Morgan fingerprint density at radius 1 is 1.18 bits per heavy atom. The van der Waals surface area contributed by atoms with E-state index in [1.807, 2.05) is 50.5 Å². The van der Waals surface area contributed by atoms with Crippen molar-refractivity contribution >= 4 is 23.2 Å². The maximum absolute atomic E-state index is 13.5. The highest BCUT2D eigenvalue weighted by Gasteiger charge is 2.49. The topological polar surface area (TPSA) is 95.4 Å². The molecule has 3 aromatic rings. The number of nitrogens with zero attached hydrogens (tertiary/aromatic N) is 4. The van der Waals surface area contributed by atoms with Gasteiger partial charge in [0.05, 0.1) is 17.4 Å². The summed E-state index contributed by atoms with van der Waals surface area (Å²) in [5.74, 6) is -0.404. The molecule has 166 valence electrons. The van der Waals surface area contributed by atoms with Crippen LogP contribution in [0, 0.1) is 18.3 Å². The van der Waals surface area contributed by atoms with Gasteiger partial charge in [0.15, 0.2) is 5.96 Å². The van der Waals surface area contributed by atoms with Crippen molar-refractivity contribution in [2.75, 3.05) is 7.05 Å². The highest BCUT2D eigenvalue weighted by atomic mass is 32.1. The molecule has 0 unspecified atom stereocenters. The molecule has 6 nitrogen and oxygen atoms in total. The predicted octanol–water partition coefficient (Wildman–Crippen LogP) is 4.46. The van der Waals surface area contributed by atoms with Gasteiger partial charge in [-0.05, 0) is 66.5 Å². The summed E-state index contributed by atoms with van der Waals surface area (Å²) >= 11 is 1.58. The number of carbonyl (C=O) groups excluding carboxylic acids is 1. The second-order valence-electron chi connectivity index (χ2n) is 9.21. The van der Waals surface area contributed by atoms with Gasteiger partial charge in [-0.1, -0.05) is 24.3 Å². The lowest BCUT2D eigenvalue weighted by Crippen LogP contribution is -2.52. The van der Waals surface area contributed by atoms with Crippen LogP contribution in [-0.2, 0) is 15.7 Å². The molecule has 0 radical (unpaired) electrons. The number of benzene rings is 1. The molecule has 1 aliphatic heterocycles. The Kier molecular flexibility index (Phi) is 4.87. The summed E-state index contributed by atoms with van der Waals surface area (Å²) < 4.78 is 0. The first-order valence-electron chi connectivity index (χ1n) is 10.9. The maximum atomic E-state index is 13.5. The van der Waals surface area contributed by atoms with Crippen molar-refractivity contribution in [3.63, 3.8) is 0 Å². The summed E-state index contributed by atoms with van der Waals surface area (Å²) in [6, 6.07) is 14.5. The zero-order valence-electron chi connectivity index (χ0n) is 18.9. The molecule has 1 amide bonds. The lowest BCUT2D eigenvalue weighted by Gasteiger charge is -2.40. The molecule has 1 aliphatic carbocycles. The first kappa shape index (κ1) is 21.4. The van der Waals surface area contributed by atoms with Crippen LogP contribution >= 0.6 is 11.3 Å². The minimum absolute atomic E-state index is 0.0914. The van der Waals surface area contributed by atoms with E-state index in [2.05, 4.69) is 28.6 Å². The van der Waals surface area contributed by atoms with E-state index in [1.165, 1.54) is 4.90 Å². The van der Waals surface area contributed by atoms with Gasteiger partial charge in [-0.3, -0.25) is 14.7 Å². The number of hydrogen-bond donors (Lipinski definition) is 1. The molecule has 7 heteroatoms. The van der Waals surface area contributed by atoms with E-state index in [0.29, 0.717) is 0 Å². The van der Waals surface area contributed by atoms with Gasteiger partial charge < -0.3 is 5.73 Å². The number of guanidine groups is 1. The molecule has 1 saturated carbocycles. The molecule has 33 heavy (non-hydrogen) atoms. The van der Waals surface area contributed by atoms with Gasteiger partial charge in [0.1, 0.15) is 5.54 Å². The number of thiophene rings is 1. The summed E-state index contributed by atoms with van der Waals surface area (Å²) in [6.07, 6.45) is 5.45. The second-order valence-corrected chi connectivity index (χ2v) is 10.1. The van der Waals surface area contributed by atoms with Crippen LogP contribution in [0.3, 0.4) is 0 Å². The SMILES string of the molecule is Cc1cncc(-c2csc([C@@]3(C)N=C(N)N(C)C(=O)[C@@H]3c3ccc(C4(C#N)CC4)cc3)c2)c1. The van der Waals surface area contributed by atoms with Gasteiger partial charge in [-0.25, -0.2) is 4.99 Å². The third-order valence-electron chi connectivity index (χ3n) is 6.90. The molecule has 1 aromatic carbocycles. The molecule has 1 fully saturated rings. The largest absolute Gasteiger partial charge is 0.369 e. The zero-order chi connectivity index (χ0) is 23.4. The van der Waals surface area contributed by atoms with Crippen LogP contribution < -0.4 is 5.73 Å². The van der Waals surface area contributed by atoms with Gasteiger partial charge in [-0.2, -0.15) is 5.26 Å². The number of aryl methyl sites for hydroxylation is 1. The first-order valence-corrected chi connectivity index (χ1v) is 11.8. The number of aliphatic imine (C=N–C) groups is 1. The van der Waals surface area contributed by atoms with Gasteiger partial charge in [0, 0.05) is 29.9 Å². The molecular formula is C26H25N5OS. The Morgan fingerprint density at radius 3 is 2.55 bits per heavy atom. The Hall–Kier alpha value is -3.50. The minimum Gasteiger partial charge on any atom is -0.369 e. The summed E-state index contributed by atoms with van der Waals surface area (Å²) in [6.45, 7) is 3.99. The van der Waals surface area contributed by atoms with Gasteiger partial charge in [0.2, 0.25) is 5.91 Å². The van der Waals surface area contributed by atoms with Crippen LogP contribution in [0.2, 0.25) is 0 Å². The number of likely N-dealkylation sites (N-methyl/N-ethyl adjacent to an activating group) is 1. The molecule has 0 spiro atoms. The Bertz CT molecular complexity index is 1310. The molecule has 2 aliphatic rings. The highest BCUT2D eigenvalue weighted by molar-refractivity contribution is 7.10. The molecule has 2 atom stereocenters. The average Bonchev–Trinajstić information content (AvgIpc) is 3.44. The number of amides is 1. The van der Waals surface area contributed by atoms with E-state index in [4.69, 9.17) is 10.7 Å². The third kappa shape index (κ3) is 3.42. The molecule has 2 aromatic heterocycles. The van der Waals surface area contributed by atoms with Crippen LogP contribution in [0.5, 0.6) is 0 Å². The van der Waals surface area contributed by atoms with E-state index in [9.17, 15) is 10.1 Å². The van der Waals surface area contributed by atoms with Crippen LogP contribution in [0.4, 0.5) is 0 Å². The summed E-state index contributed by atoms with van der Waals surface area (Å²) in [4.78, 5) is 25.0. The number of pyridine rings is 1. The van der Waals surface area contributed by atoms with Crippen LogP contribution in [0.25, 0.3) is 11.1 Å². The third-order valence-corrected chi connectivity index (χ3v) is 8.05. The average molecular weight is 456 g/mol. The number of rotatable bonds is 4. The van der Waals surface area contributed by atoms with E-state index in [-0.39, 0.29) is 17.3 Å². The predicted molar refractivity (Wildman–Crippen MR) is 130 cm³/mol. The molecular weight excluding hydrogens is 430 g/mol. The molecule has 0 saturated heterocycles. The van der Waals surface area contributed by atoms with Crippen molar-refractivity contribution < 1.29 is 4.79 Å². The normalized spacial score (nSPS) is 23.7. The van der Waals surface area contributed by atoms with Crippen molar-refractivity contribution in [2.24, 2.45) is 10.7 Å². The van der Waals surface area contributed by atoms with Gasteiger partial charge in [0.25, 0.3) is 0 Å². The number of nitriles is 1. The number of aromatic nitrogens is 1. The Morgan fingerprint density at radius 2 is 1.91 bits per heavy atom. The Balaban J connectivity index is 1.58. The van der Waals surface area contributed by atoms with E-state index >= 15 is 0 Å². The van der Waals surface area contributed by atoms with E-state index in [1.54, 1.807) is 18.4 Å². The molecule has 2 N–H and O–H groups in total. The van der Waals surface area contributed by atoms with Gasteiger partial charge >= 0.3 is 0 Å². The fraction of sp³-hybridized carbons (Fsp3) is 0.308. The number of nitrogens with two attached hydrogens (primary N) is 1. The number of carbonyl (C=O) groups is 1. The molecule has 5 rings (SSSR count). The highest BCUT2D eigenvalue weighted by Crippen LogP contribution is 2.50. The quantitative estimate of drug-likeness (QED) is 0.628. The van der Waals surface area contributed by atoms with Crippen molar-refractivity contribution in [1.29, 1.82) is 5.26 Å². The van der Waals surface area contributed by atoms with Crippen molar-refractivity contribution in [3.05, 3.63) is 75.7 Å². The van der Waals surface area contributed by atoms with Crippen LogP contribution in [0.1, 0.15) is 47.3 Å². The van der Waals surface area contributed by atoms with Crippen LogP contribution in [-0.4, -0.2) is 28.8 Å². The molecule has 0 bridgehead atoms. The molecule has 3 heterocycles. The van der Waals surface area contributed by atoms with E-state index < -0.39 is 11.5 Å². The monoisotopic (exact) mass is 455 g/mol. The lowest BCUT2D eigenvalue weighted by molar-refractivity contribution is -0.130. The fourth-order valence-corrected chi connectivity index (χ4v) is 5.69. The maximum Gasteiger partial charge on any atom is 0.239 e. The second kappa shape index (κ2) is 7.53. The number of hydrogen-bond acceptors (Lipinski definition) is 6. The fourth-order valence-electron chi connectivity index (χ4n) is 4.64. The Labute approximate surface area is 197 Å². The van der Waals surface area contributed by atoms with Gasteiger partial charge in [-0.15, -0.1) is 11.3 Å². The zero-order valence-corrected chi connectivity index (χ0v) is 19.7. The van der Waals surface area contributed by atoms with E-state index in [0.717, 1.165) is 45.5 Å². The lowest BCUT2D eigenvalue weighted by atomic mass is 9.77. The first-order chi connectivity index (χ1) is 15.8. The smallest absolute Gasteiger partial charge is 0.239 e. The van der Waals surface area contributed by atoms with Crippen molar-refractivity contribution in [1.82, 2.24) is 9.88 Å². The standard InChI is InChI=1S/C26H25N5OS/c1-16-10-18(13-29-12-16)19-11-21(33-14-19)25(2)22(23(32)31(3)24(28)30-25)17-4-6-20(7-5-17)26(15-27)8-9-26/h4-7,10-14,22H,8-9H2,1-3H3,(H2,28,30)/t22-,25+/m0/s1. The van der Waals surface area contributed by atoms with Crippen molar-refractivity contribution in [3.8, 4) is 17.2 Å². The summed E-state index contributed by atoms with van der Waals surface area (Å²) in [5, 5.41) is 11.6. The summed E-state index contributed by atoms with van der Waals surface area (Å²) in [5.41, 5.74) is 10.0. The van der Waals surface area contributed by atoms with Crippen LogP contribution in [0.15, 0.2) is 59.2 Å². The van der Waals surface area contributed by atoms with Crippen molar-refractivity contribution in [2.45, 2.75) is 43.6 Å². The summed E-state index contributed by atoms with van der Waals surface area (Å²) in [7, 11) is 1.66. The minimum atomic E-state index is -0.845.